The Morgan fingerprint density at radius 2 is 1.85 bits per heavy atom. The number of hydrogen-bond donors (Lipinski definition) is 7. The summed E-state index contributed by atoms with van der Waals surface area (Å²) in [4.78, 5) is 20.7. The molecule has 2 aromatic rings. The number of ketones is 1. The van der Waals surface area contributed by atoms with Gasteiger partial charge in [0.25, 0.3) is 0 Å². The number of rotatable bonds is 15. The molecule has 6 saturated carbocycles. The van der Waals surface area contributed by atoms with Gasteiger partial charge in [-0.3, -0.25) is 15.1 Å². The second kappa shape index (κ2) is 23.7. The molecule has 2 aromatic carbocycles. The topological polar surface area (TPSA) is 183 Å². The van der Waals surface area contributed by atoms with Crippen LogP contribution in [0.5, 0.6) is 23.0 Å². The summed E-state index contributed by atoms with van der Waals surface area (Å²) >= 11 is 0. The molecule has 15 unspecified atom stereocenters. The Hall–Kier alpha value is -5.02. The number of anilines is 1. The molecule has 80 heavy (non-hydrogen) atoms. The van der Waals surface area contributed by atoms with Crippen molar-refractivity contribution in [1.29, 1.82) is 0 Å². The summed E-state index contributed by atoms with van der Waals surface area (Å²) in [6.45, 7) is 3.31. The van der Waals surface area contributed by atoms with Gasteiger partial charge in [0, 0.05) is 67.4 Å². The Kier molecular flexibility index (Phi) is 16.8. The lowest BCUT2D eigenvalue weighted by Crippen LogP contribution is -2.55. The van der Waals surface area contributed by atoms with E-state index in [0.29, 0.717) is 97.6 Å². The molecule has 2 spiro atoms. The maximum Gasteiger partial charge on any atom is 0.207 e. The van der Waals surface area contributed by atoms with Crippen molar-refractivity contribution in [3.05, 3.63) is 65.8 Å². The van der Waals surface area contributed by atoms with Crippen LogP contribution in [-0.4, -0.2) is 91.6 Å². The molecule has 15 atom stereocenters. The van der Waals surface area contributed by atoms with Crippen LogP contribution in [0.3, 0.4) is 0 Å². The van der Waals surface area contributed by atoms with Crippen LogP contribution < -0.4 is 30.2 Å². The van der Waals surface area contributed by atoms with Crippen LogP contribution in [0, 0.1) is 93.5 Å². The van der Waals surface area contributed by atoms with Gasteiger partial charge in [-0.05, 0) is 192 Å². The van der Waals surface area contributed by atoms with Gasteiger partial charge in [0.15, 0.2) is 29.3 Å². The number of ether oxygens (including phenoxy) is 4. The molecule has 4 bridgehead atoms. The third kappa shape index (κ3) is 10.2. The number of nitrogens with one attached hydrogen (secondary N) is 3. The van der Waals surface area contributed by atoms with Gasteiger partial charge in [-0.15, -0.1) is 0 Å². The number of likely N-dealkylation sites (N-methyl/N-ethyl adjacent to an activating group) is 1. The lowest BCUT2D eigenvalue weighted by atomic mass is 9.45. The van der Waals surface area contributed by atoms with Crippen molar-refractivity contribution in [3.8, 4) is 47.0 Å². The number of guanidine groups is 1. The average Bonchev–Trinajstić information content (AvgIpc) is 4.21. The van der Waals surface area contributed by atoms with E-state index in [4.69, 9.17) is 23.9 Å². The second-order valence-electron chi connectivity index (χ2n) is 26.0. The van der Waals surface area contributed by atoms with E-state index in [1.165, 1.54) is 6.42 Å². The molecule has 432 valence electrons. The molecule has 0 amide bonds. The highest BCUT2D eigenvalue weighted by atomic mass is 16.6. The van der Waals surface area contributed by atoms with Crippen LogP contribution in [0.1, 0.15) is 153 Å². The number of phenols is 1. The number of aliphatic hydroxyl groups is 3. The van der Waals surface area contributed by atoms with Crippen molar-refractivity contribution in [2.45, 2.75) is 165 Å². The first kappa shape index (κ1) is 56.8. The summed E-state index contributed by atoms with van der Waals surface area (Å²) in [5.74, 6) is 11.8. The van der Waals surface area contributed by atoms with Crippen molar-refractivity contribution in [2.75, 3.05) is 52.9 Å². The fourth-order valence-electron chi connectivity index (χ4n) is 19.0. The molecule has 2 heterocycles. The summed E-state index contributed by atoms with van der Waals surface area (Å²) < 4.78 is 26.6. The van der Waals surface area contributed by atoms with Crippen molar-refractivity contribution >= 4 is 17.4 Å². The van der Waals surface area contributed by atoms with Crippen LogP contribution in [0.2, 0.25) is 0 Å². The van der Waals surface area contributed by atoms with E-state index in [2.05, 4.69) is 77.2 Å². The summed E-state index contributed by atoms with van der Waals surface area (Å²) in [5, 5.41) is 53.3. The van der Waals surface area contributed by atoms with E-state index in [0.717, 1.165) is 107 Å². The van der Waals surface area contributed by atoms with Crippen LogP contribution in [0.25, 0.3) is 0 Å². The number of nitrogens with zero attached hydrogens (tertiary/aromatic N) is 1. The first-order chi connectivity index (χ1) is 38.9. The molecule has 7 aliphatic carbocycles. The predicted molar refractivity (Wildman–Crippen MR) is 311 cm³/mol. The van der Waals surface area contributed by atoms with Crippen LogP contribution in [-0.2, 0) is 21.4 Å². The first-order valence-electron chi connectivity index (χ1n) is 30.9. The zero-order chi connectivity index (χ0) is 55.7. The van der Waals surface area contributed by atoms with Gasteiger partial charge < -0.3 is 50.0 Å². The standard InChI is InChI=1S/C67H90N4O9/c1-5-44-18-20-49-50(16-11-31-72)52-17-9-27-67(52)48-37-54(71-62(69-3)70-30-10-15-46-14-8-26-66(46,59(75)23-21-53(67)51(49)35-44)39-45-19-22-55(74)56(36-45)77-4)61-57(38-48)80-64(43-68-2)40-58-63(42-64,41-60(76)78-33-12-32-73)28-24-47-13-6-7-25-65(47,58)29-34-79-61/h19,21-24,28,36-38,44,46-47,49-53,58,60,68,72-74,76H,5-9,11-18,20,25-27,31-33,35,39-43H2,1-4H3,(H2,69,70,71). The molecular weight excluding hydrogens is 1000 g/mol. The molecular formula is C67H90N4O9. The van der Waals surface area contributed by atoms with Gasteiger partial charge in [0.1, 0.15) is 11.7 Å². The summed E-state index contributed by atoms with van der Waals surface area (Å²) in [6.07, 6.45) is 30.7. The highest BCUT2D eigenvalue weighted by Crippen LogP contribution is 2.69. The average molecular weight is 1100 g/mol. The number of hydrogen-bond acceptors (Lipinski definition) is 11. The molecule has 0 radical (unpaired) electrons. The minimum Gasteiger partial charge on any atom is -0.504 e. The fourth-order valence-corrected chi connectivity index (χ4v) is 19.0. The van der Waals surface area contributed by atoms with Crippen molar-refractivity contribution in [2.24, 2.45) is 74.5 Å². The highest BCUT2D eigenvalue weighted by Gasteiger charge is 2.66. The SMILES string of the molecule is CCC1CCC2C(C1)C1C=CC(=O)C3(Cc4ccc(O)c(OC)c4)CCCC3CC#CNC(=NC)Nc3cc(cc4c3OC#CC35CCCCC3C=CC3(CC(O)OCCCO)CC(CNC)(CC35)O4)C13CCCC3C2CCCO. The van der Waals surface area contributed by atoms with Gasteiger partial charge in [-0.25, -0.2) is 0 Å². The summed E-state index contributed by atoms with van der Waals surface area (Å²) in [5.41, 5.74) is -0.0124. The van der Waals surface area contributed by atoms with E-state index in [-0.39, 0.29) is 60.9 Å². The zero-order valence-electron chi connectivity index (χ0n) is 48.1. The molecule has 0 aromatic heterocycles. The van der Waals surface area contributed by atoms with E-state index in [9.17, 15) is 20.4 Å². The third-order valence-electron chi connectivity index (χ3n) is 22.2. The smallest absolute Gasteiger partial charge is 0.207 e. The highest BCUT2D eigenvalue weighted by molar-refractivity contribution is 5.97. The predicted octanol–water partition coefficient (Wildman–Crippen LogP) is 10.3. The Morgan fingerprint density at radius 1 is 0.988 bits per heavy atom. The largest absolute Gasteiger partial charge is 0.504 e. The monoisotopic (exact) mass is 1090 g/mol. The van der Waals surface area contributed by atoms with E-state index < -0.39 is 33.6 Å². The quantitative estimate of drug-likeness (QED) is 0.0389. The zero-order valence-corrected chi connectivity index (χ0v) is 48.1. The molecule has 13 nitrogen and oxygen atoms in total. The maximum atomic E-state index is 15.9. The Morgan fingerprint density at radius 3 is 2.66 bits per heavy atom. The number of fused-ring (bicyclic) bond motifs is 8. The van der Waals surface area contributed by atoms with Gasteiger partial charge in [-0.2, -0.15) is 0 Å². The van der Waals surface area contributed by atoms with E-state index in [1.54, 1.807) is 20.2 Å². The number of allylic oxidation sites excluding steroid dienone is 4. The molecule has 13 heteroatoms. The Labute approximate surface area is 475 Å². The number of carbonyl (C=O) groups excluding carboxylic acids is 1. The molecule has 9 aliphatic rings. The number of aliphatic imine (C=N–C) groups is 1. The van der Waals surface area contributed by atoms with Crippen molar-refractivity contribution in [1.82, 2.24) is 10.6 Å². The number of aromatic hydroxyl groups is 1. The van der Waals surface area contributed by atoms with Gasteiger partial charge in [0.2, 0.25) is 11.7 Å². The van der Waals surface area contributed by atoms with Crippen LogP contribution in [0.4, 0.5) is 5.69 Å². The Balaban J connectivity index is 1.11. The molecule has 2 aliphatic heterocycles. The van der Waals surface area contributed by atoms with Gasteiger partial charge >= 0.3 is 0 Å². The van der Waals surface area contributed by atoms with Crippen LogP contribution >= 0.6 is 0 Å². The number of benzene rings is 2. The molecule has 0 saturated heterocycles. The molecule has 7 N–H and O–H groups in total. The number of phenolic OH excluding ortho intramolecular Hbond substituents is 1. The van der Waals surface area contributed by atoms with E-state index in [1.807, 2.05) is 25.3 Å². The third-order valence-corrected chi connectivity index (χ3v) is 22.2. The summed E-state index contributed by atoms with van der Waals surface area (Å²) in [6, 6.07) is 13.4. The minimum absolute atomic E-state index is 0.00490. The Bertz CT molecular complexity index is 2810. The number of aliphatic hydroxyl groups excluding tert-OH is 3. The van der Waals surface area contributed by atoms with Crippen molar-refractivity contribution < 1.29 is 44.2 Å². The second-order valence-corrected chi connectivity index (χ2v) is 26.0. The first-order valence-corrected chi connectivity index (χ1v) is 30.9. The van der Waals surface area contributed by atoms with E-state index >= 15 is 4.79 Å². The van der Waals surface area contributed by atoms with Gasteiger partial charge in [0.05, 0.1) is 19.4 Å². The van der Waals surface area contributed by atoms with Gasteiger partial charge in [-0.1, -0.05) is 81.6 Å². The lowest BCUT2D eigenvalue weighted by Gasteiger charge is -2.59. The maximum absolute atomic E-state index is 15.9. The lowest BCUT2D eigenvalue weighted by molar-refractivity contribution is -0.131. The minimum atomic E-state index is -1.04. The molecule has 6 fully saturated rings. The fraction of sp³-hybridized carbons (Fsp3) is 0.672. The van der Waals surface area contributed by atoms with Crippen LogP contribution in [0.15, 0.2) is 59.6 Å². The molecule has 11 rings (SSSR count). The summed E-state index contributed by atoms with van der Waals surface area (Å²) in [7, 11) is 5.32. The number of carbonyl (C=O) groups is 1. The van der Waals surface area contributed by atoms with Crippen molar-refractivity contribution in [3.63, 3.8) is 0 Å². The normalized spacial score (nSPS) is 37.5. The number of methoxy groups -OCH3 is 1.